The standard InChI is InChI=1S/C34H41N5O6/c1-34(2,3)45-32(42)36-28-21-37(33(43)44-22-23-10-6-4-7-11-23)17-16-26-14-15-29(39(26)30(28)40)31(41)38-19-25(18-35)27(20-38)24-12-8-5-9-13-24/h4-13,25-29H,14-17,19-22H2,1-3H3,(H,36,42)/t25-,26-,27+,28+,29+/m1/s1. The van der Waals surface area contributed by atoms with Gasteiger partial charge in [0, 0.05) is 31.6 Å². The molecule has 5 atom stereocenters. The van der Waals surface area contributed by atoms with Crippen molar-refractivity contribution < 1.29 is 28.7 Å². The summed E-state index contributed by atoms with van der Waals surface area (Å²) in [7, 11) is 0. The minimum atomic E-state index is -1.15. The smallest absolute Gasteiger partial charge is 0.410 e. The van der Waals surface area contributed by atoms with Crippen molar-refractivity contribution in [1.29, 1.82) is 5.26 Å². The number of benzene rings is 2. The van der Waals surface area contributed by atoms with Gasteiger partial charge < -0.3 is 29.5 Å². The first-order chi connectivity index (χ1) is 21.5. The number of amides is 4. The van der Waals surface area contributed by atoms with E-state index in [0.29, 0.717) is 32.4 Å². The predicted octanol–water partition coefficient (Wildman–Crippen LogP) is 4.05. The highest BCUT2D eigenvalue weighted by molar-refractivity contribution is 5.93. The molecular weight excluding hydrogens is 574 g/mol. The van der Waals surface area contributed by atoms with Crippen molar-refractivity contribution >= 4 is 24.0 Å². The van der Waals surface area contributed by atoms with Crippen LogP contribution in [0.25, 0.3) is 0 Å². The summed E-state index contributed by atoms with van der Waals surface area (Å²) in [5.41, 5.74) is 1.03. The predicted molar refractivity (Wildman–Crippen MR) is 164 cm³/mol. The maximum atomic E-state index is 14.2. The molecule has 2 aromatic carbocycles. The van der Waals surface area contributed by atoms with Crippen LogP contribution in [0.15, 0.2) is 60.7 Å². The third-order valence-corrected chi connectivity index (χ3v) is 8.65. The van der Waals surface area contributed by atoms with E-state index in [9.17, 15) is 24.4 Å². The van der Waals surface area contributed by atoms with E-state index in [0.717, 1.165) is 11.1 Å². The zero-order chi connectivity index (χ0) is 32.1. The van der Waals surface area contributed by atoms with E-state index in [1.165, 1.54) is 4.90 Å². The summed E-state index contributed by atoms with van der Waals surface area (Å²) < 4.78 is 11.0. The van der Waals surface area contributed by atoms with Crippen LogP contribution in [0.4, 0.5) is 9.59 Å². The molecule has 0 radical (unpaired) electrons. The zero-order valence-electron chi connectivity index (χ0n) is 26.1. The van der Waals surface area contributed by atoms with Gasteiger partial charge in [0.25, 0.3) is 0 Å². The number of alkyl carbamates (subject to hydrolysis) is 1. The molecule has 0 bridgehead atoms. The average molecular weight is 616 g/mol. The summed E-state index contributed by atoms with van der Waals surface area (Å²) >= 11 is 0. The molecule has 11 nitrogen and oxygen atoms in total. The fourth-order valence-electron chi connectivity index (χ4n) is 6.51. The van der Waals surface area contributed by atoms with E-state index in [1.54, 1.807) is 30.6 Å². The fourth-order valence-corrected chi connectivity index (χ4v) is 6.51. The van der Waals surface area contributed by atoms with Gasteiger partial charge in [-0.1, -0.05) is 60.7 Å². The number of nitriles is 1. The molecule has 11 heteroatoms. The molecule has 5 rings (SSSR count). The second-order valence-electron chi connectivity index (χ2n) is 13.0. The Kier molecular flexibility index (Phi) is 9.61. The van der Waals surface area contributed by atoms with E-state index in [2.05, 4.69) is 11.4 Å². The van der Waals surface area contributed by atoms with Gasteiger partial charge in [0.05, 0.1) is 18.5 Å². The first-order valence-electron chi connectivity index (χ1n) is 15.5. The third-order valence-electron chi connectivity index (χ3n) is 8.65. The zero-order valence-corrected chi connectivity index (χ0v) is 26.1. The summed E-state index contributed by atoms with van der Waals surface area (Å²) in [5.74, 6) is -1.11. The Morgan fingerprint density at radius 1 is 0.933 bits per heavy atom. The Morgan fingerprint density at radius 3 is 2.29 bits per heavy atom. The molecule has 0 spiro atoms. The average Bonchev–Trinajstić information content (AvgIpc) is 3.64. The van der Waals surface area contributed by atoms with Crippen LogP contribution >= 0.6 is 0 Å². The van der Waals surface area contributed by atoms with Gasteiger partial charge in [-0.25, -0.2) is 9.59 Å². The fraction of sp³-hybridized carbons (Fsp3) is 0.500. The van der Waals surface area contributed by atoms with Gasteiger partial charge >= 0.3 is 12.2 Å². The van der Waals surface area contributed by atoms with Gasteiger partial charge in [-0.2, -0.15) is 5.26 Å². The lowest BCUT2D eigenvalue weighted by Crippen LogP contribution is -2.61. The first kappa shape index (κ1) is 31.8. The van der Waals surface area contributed by atoms with Gasteiger partial charge in [-0.15, -0.1) is 0 Å². The lowest BCUT2D eigenvalue weighted by Gasteiger charge is -2.39. The number of fused-ring (bicyclic) bond motifs is 1. The molecule has 0 aliphatic carbocycles. The van der Waals surface area contributed by atoms with Gasteiger partial charge in [-0.3, -0.25) is 9.59 Å². The van der Waals surface area contributed by atoms with E-state index in [1.807, 2.05) is 60.7 Å². The van der Waals surface area contributed by atoms with Crippen LogP contribution in [0.2, 0.25) is 0 Å². The summed E-state index contributed by atoms with van der Waals surface area (Å²) in [6.07, 6.45) is 0.110. The van der Waals surface area contributed by atoms with Crippen molar-refractivity contribution in [3.8, 4) is 6.07 Å². The quantitative estimate of drug-likeness (QED) is 0.537. The van der Waals surface area contributed by atoms with Gasteiger partial charge in [0.2, 0.25) is 11.8 Å². The number of nitrogens with zero attached hydrogens (tertiary/aromatic N) is 4. The number of carbonyl (C=O) groups excluding carboxylic acids is 4. The van der Waals surface area contributed by atoms with Crippen molar-refractivity contribution in [2.45, 2.75) is 76.3 Å². The molecule has 2 aromatic rings. The van der Waals surface area contributed by atoms with Gasteiger partial charge in [0.1, 0.15) is 24.3 Å². The molecule has 3 saturated heterocycles. The SMILES string of the molecule is CC(C)(C)OC(=O)N[C@H]1CN(C(=O)OCc2ccccc2)CC[C@H]2CC[C@@H](C(=O)N3C[C@@H](C#N)[C@H](c4ccccc4)C3)N2C1=O. The Balaban J connectivity index is 1.34. The summed E-state index contributed by atoms with van der Waals surface area (Å²) in [6.45, 7) is 6.07. The summed E-state index contributed by atoms with van der Waals surface area (Å²) in [5, 5.41) is 12.6. The van der Waals surface area contributed by atoms with Crippen molar-refractivity contribution in [1.82, 2.24) is 20.0 Å². The molecule has 0 aromatic heterocycles. The second kappa shape index (κ2) is 13.6. The molecule has 3 aliphatic rings. The third kappa shape index (κ3) is 7.56. The topological polar surface area (TPSA) is 132 Å². The normalized spacial score (nSPS) is 25.1. The summed E-state index contributed by atoms with van der Waals surface area (Å²) in [4.78, 5) is 59.1. The molecule has 3 heterocycles. The van der Waals surface area contributed by atoms with Crippen molar-refractivity contribution in [2.24, 2.45) is 5.92 Å². The Morgan fingerprint density at radius 2 is 1.62 bits per heavy atom. The Bertz CT molecular complexity index is 1420. The Labute approximate surface area is 264 Å². The molecule has 1 N–H and O–H groups in total. The minimum absolute atomic E-state index is 0.0733. The number of nitrogens with one attached hydrogen (secondary N) is 1. The van der Waals surface area contributed by atoms with Crippen LogP contribution in [-0.2, 0) is 25.7 Å². The van der Waals surface area contributed by atoms with Gasteiger partial charge in [0.15, 0.2) is 0 Å². The van der Waals surface area contributed by atoms with Crippen LogP contribution in [0.1, 0.15) is 57.1 Å². The van der Waals surface area contributed by atoms with Crippen LogP contribution in [0.5, 0.6) is 0 Å². The maximum absolute atomic E-state index is 14.2. The second-order valence-corrected chi connectivity index (χ2v) is 13.0. The van der Waals surface area contributed by atoms with Gasteiger partial charge in [-0.05, 0) is 51.2 Å². The highest BCUT2D eigenvalue weighted by atomic mass is 16.6. The van der Waals surface area contributed by atoms with Crippen molar-refractivity contribution in [3.05, 3.63) is 71.8 Å². The number of likely N-dealkylation sites (tertiary alicyclic amines) is 1. The van der Waals surface area contributed by atoms with Crippen molar-refractivity contribution in [3.63, 3.8) is 0 Å². The van der Waals surface area contributed by atoms with Crippen LogP contribution in [0.3, 0.4) is 0 Å². The Hall–Kier alpha value is -4.59. The molecular formula is C34H41N5O6. The molecule has 4 amide bonds. The van der Waals surface area contributed by atoms with Crippen LogP contribution in [-0.4, -0.2) is 88.6 Å². The van der Waals surface area contributed by atoms with Crippen LogP contribution in [0, 0.1) is 17.2 Å². The molecule has 3 aliphatic heterocycles. The van der Waals surface area contributed by atoms with Crippen molar-refractivity contribution in [2.75, 3.05) is 26.2 Å². The van der Waals surface area contributed by atoms with E-state index < -0.39 is 35.8 Å². The number of carbonyl (C=O) groups is 4. The minimum Gasteiger partial charge on any atom is -0.445 e. The van der Waals surface area contributed by atoms with E-state index in [4.69, 9.17) is 9.47 Å². The van der Waals surface area contributed by atoms with Crippen LogP contribution < -0.4 is 5.32 Å². The molecule has 0 saturated carbocycles. The number of ether oxygens (including phenoxy) is 2. The molecule has 238 valence electrons. The molecule has 3 fully saturated rings. The highest BCUT2D eigenvalue weighted by Crippen LogP contribution is 2.36. The first-order valence-corrected chi connectivity index (χ1v) is 15.5. The lowest BCUT2D eigenvalue weighted by molar-refractivity contribution is -0.147. The lowest BCUT2D eigenvalue weighted by atomic mass is 9.90. The van der Waals surface area contributed by atoms with E-state index >= 15 is 0 Å². The summed E-state index contributed by atoms with van der Waals surface area (Å²) in [6, 6.07) is 19.2. The number of hydrogen-bond donors (Lipinski definition) is 1. The maximum Gasteiger partial charge on any atom is 0.410 e. The highest BCUT2D eigenvalue weighted by Gasteiger charge is 2.48. The largest absolute Gasteiger partial charge is 0.445 e. The monoisotopic (exact) mass is 615 g/mol. The number of rotatable bonds is 5. The van der Waals surface area contributed by atoms with E-state index in [-0.39, 0.29) is 43.5 Å². The molecule has 45 heavy (non-hydrogen) atoms. The number of hydrogen-bond acceptors (Lipinski definition) is 7. The molecule has 0 unspecified atom stereocenters.